The van der Waals surface area contributed by atoms with Gasteiger partial charge in [0.1, 0.15) is 0 Å². The van der Waals surface area contributed by atoms with Crippen molar-refractivity contribution in [2.45, 2.75) is 30.4 Å². The topological polar surface area (TPSA) is 50.2 Å². The number of anilines is 1. The summed E-state index contributed by atoms with van der Waals surface area (Å²) in [5.41, 5.74) is 7.78. The van der Waals surface area contributed by atoms with E-state index < -0.39 is 0 Å². The van der Waals surface area contributed by atoms with Crippen molar-refractivity contribution < 1.29 is 4.79 Å². The predicted molar refractivity (Wildman–Crippen MR) is 122 cm³/mol. The first kappa shape index (κ1) is 19.2. The van der Waals surface area contributed by atoms with Crippen LogP contribution in [0, 0.1) is 6.92 Å². The molecule has 30 heavy (non-hydrogen) atoms. The highest BCUT2D eigenvalue weighted by Gasteiger charge is 2.27. The number of amides is 1. The number of benzene rings is 2. The van der Waals surface area contributed by atoms with Gasteiger partial charge in [0.05, 0.1) is 5.69 Å². The minimum atomic E-state index is -0.0751. The average molecular weight is 419 g/mol. The van der Waals surface area contributed by atoms with Crippen molar-refractivity contribution >= 4 is 23.4 Å². The second-order valence-electron chi connectivity index (χ2n) is 8.06. The van der Waals surface area contributed by atoms with E-state index in [1.165, 1.54) is 27.3 Å². The molecule has 0 radical (unpaired) electrons. The van der Waals surface area contributed by atoms with Crippen LogP contribution in [0.5, 0.6) is 0 Å². The van der Waals surface area contributed by atoms with Crippen molar-refractivity contribution in [2.75, 3.05) is 24.5 Å². The minimum absolute atomic E-state index is 0.0751. The van der Waals surface area contributed by atoms with E-state index in [-0.39, 0.29) is 5.91 Å². The van der Waals surface area contributed by atoms with Gasteiger partial charge in [-0.25, -0.2) is 0 Å². The van der Waals surface area contributed by atoms with Gasteiger partial charge in [0, 0.05) is 54.1 Å². The second-order valence-corrected chi connectivity index (χ2v) is 9.08. The lowest BCUT2D eigenvalue weighted by Crippen LogP contribution is -2.38. The van der Waals surface area contributed by atoms with Crippen molar-refractivity contribution in [1.29, 1.82) is 0 Å². The molecule has 0 saturated carbocycles. The molecule has 154 valence electrons. The Balaban J connectivity index is 1.31. The smallest absolute Gasteiger partial charge is 0.272 e. The van der Waals surface area contributed by atoms with Crippen LogP contribution >= 0.6 is 11.8 Å². The molecule has 5 nitrogen and oxygen atoms in total. The molecule has 3 heterocycles. The Hall–Kier alpha value is -2.73. The van der Waals surface area contributed by atoms with Crippen LogP contribution in [0.15, 0.2) is 47.4 Å². The van der Waals surface area contributed by atoms with Gasteiger partial charge in [-0.05, 0) is 43.5 Å². The summed E-state index contributed by atoms with van der Waals surface area (Å²) in [6.07, 6.45) is 2.30. The molecule has 0 fully saturated rings. The Morgan fingerprint density at radius 1 is 1.23 bits per heavy atom. The fourth-order valence-corrected chi connectivity index (χ4v) is 5.61. The van der Waals surface area contributed by atoms with Gasteiger partial charge < -0.3 is 10.2 Å². The van der Waals surface area contributed by atoms with Crippen LogP contribution in [0.4, 0.5) is 5.69 Å². The second kappa shape index (κ2) is 7.84. The van der Waals surface area contributed by atoms with Gasteiger partial charge >= 0.3 is 0 Å². The first-order chi connectivity index (χ1) is 14.6. The number of carbonyl (C=O) groups is 1. The van der Waals surface area contributed by atoms with Crippen LogP contribution in [0.2, 0.25) is 0 Å². The van der Waals surface area contributed by atoms with Crippen LogP contribution < -0.4 is 10.2 Å². The summed E-state index contributed by atoms with van der Waals surface area (Å²) < 4.78 is 1.86. The number of aromatic nitrogens is 2. The molecule has 0 bridgehead atoms. The van der Waals surface area contributed by atoms with Crippen LogP contribution in [0.25, 0.3) is 11.3 Å². The summed E-state index contributed by atoms with van der Waals surface area (Å²) in [6, 6.07) is 15.1. The fourth-order valence-electron chi connectivity index (χ4n) is 4.56. The number of aryl methyl sites for hydroxylation is 3. The maximum atomic E-state index is 13.0. The first-order valence-electron chi connectivity index (χ1n) is 10.5. The Kier molecular flexibility index (Phi) is 5.03. The molecule has 0 unspecified atom stereocenters. The van der Waals surface area contributed by atoms with E-state index in [0.717, 1.165) is 42.9 Å². The molecular weight excluding hydrogens is 392 g/mol. The zero-order valence-corrected chi connectivity index (χ0v) is 18.3. The number of nitrogens with one attached hydrogen (secondary N) is 1. The molecule has 0 atom stereocenters. The van der Waals surface area contributed by atoms with Crippen LogP contribution in [-0.2, 0) is 19.2 Å². The number of rotatable bonds is 4. The number of hydrogen-bond acceptors (Lipinski definition) is 4. The zero-order chi connectivity index (χ0) is 20.7. The van der Waals surface area contributed by atoms with Crippen LogP contribution in [-0.4, -0.2) is 35.3 Å². The summed E-state index contributed by atoms with van der Waals surface area (Å²) in [7, 11) is 1.93. The van der Waals surface area contributed by atoms with Gasteiger partial charge in [-0.2, -0.15) is 5.10 Å². The van der Waals surface area contributed by atoms with Gasteiger partial charge in [-0.1, -0.05) is 29.8 Å². The quantitative estimate of drug-likeness (QED) is 0.690. The lowest BCUT2D eigenvalue weighted by molar-refractivity contribution is 0.0948. The Bertz CT molecular complexity index is 1120. The van der Waals surface area contributed by atoms with Gasteiger partial charge in [-0.15, -0.1) is 11.8 Å². The lowest BCUT2D eigenvalue weighted by Gasteiger charge is -2.31. The third kappa shape index (κ3) is 3.39. The highest BCUT2D eigenvalue weighted by Crippen LogP contribution is 2.42. The highest BCUT2D eigenvalue weighted by molar-refractivity contribution is 7.98. The molecule has 1 aromatic heterocycles. The molecule has 5 rings (SSSR count). The number of nitrogens with zero attached hydrogens (tertiary/aromatic N) is 3. The summed E-state index contributed by atoms with van der Waals surface area (Å²) in [5.74, 6) is 0.704. The predicted octanol–water partition coefficient (Wildman–Crippen LogP) is 4.18. The summed E-state index contributed by atoms with van der Waals surface area (Å²) in [5, 5.41) is 7.71. The van der Waals surface area contributed by atoms with E-state index in [0.29, 0.717) is 12.2 Å². The van der Waals surface area contributed by atoms with Gasteiger partial charge in [0.25, 0.3) is 5.91 Å². The van der Waals surface area contributed by atoms with Crippen molar-refractivity contribution in [3.05, 3.63) is 64.8 Å². The summed E-state index contributed by atoms with van der Waals surface area (Å²) >= 11 is 1.78. The van der Waals surface area contributed by atoms with Gasteiger partial charge in [0.2, 0.25) is 0 Å². The van der Waals surface area contributed by atoms with Crippen LogP contribution in [0.1, 0.15) is 33.6 Å². The monoisotopic (exact) mass is 418 g/mol. The molecule has 3 aromatic rings. The molecular formula is C24H26N4OS. The van der Waals surface area contributed by atoms with E-state index in [1.54, 1.807) is 11.8 Å². The number of fused-ring (bicyclic) bond motifs is 4. The lowest BCUT2D eigenvalue weighted by atomic mass is 10.0. The zero-order valence-electron chi connectivity index (χ0n) is 17.4. The highest BCUT2D eigenvalue weighted by atomic mass is 32.2. The molecule has 6 heteroatoms. The van der Waals surface area contributed by atoms with Gasteiger partial charge in [0.15, 0.2) is 5.69 Å². The molecule has 1 N–H and O–H groups in total. The number of hydrogen-bond donors (Lipinski definition) is 1. The SMILES string of the molecule is Cc1ccc2c(c1)-c1c(c(C(=O)NCCN3CCCc4ccccc43)nn1C)CS2. The third-order valence-electron chi connectivity index (χ3n) is 6.00. The van der Waals surface area contributed by atoms with Crippen molar-refractivity contribution in [3.63, 3.8) is 0 Å². The maximum absolute atomic E-state index is 13.0. The Morgan fingerprint density at radius 3 is 3.00 bits per heavy atom. The molecule has 0 saturated heterocycles. The molecule has 2 aromatic carbocycles. The molecule has 1 amide bonds. The van der Waals surface area contributed by atoms with Gasteiger partial charge in [-0.3, -0.25) is 9.48 Å². The van der Waals surface area contributed by atoms with E-state index in [1.807, 2.05) is 11.7 Å². The van der Waals surface area contributed by atoms with E-state index in [4.69, 9.17) is 0 Å². The average Bonchev–Trinajstić information content (AvgIpc) is 3.11. The number of carbonyl (C=O) groups excluding carboxylic acids is 1. The Morgan fingerprint density at radius 2 is 2.10 bits per heavy atom. The number of thioether (sulfide) groups is 1. The van der Waals surface area contributed by atoms with E-state index in [9.17, 15) is 4.79 Å². The normalized spacial score (nSPS) is 14.7. The van der Waals surface area contributed by atoms with Crippen molar-refractivity contribution in [3.8, 4) is 11.3 Å². The first-order valence-corrected chi connectivity index (χ1v) is 11.5. The Labute approximate surface area is 181 Å². The summed E-state index contributed by atoms with van der Waals surface area (Å²) in [4.78, 5) is 16.6. The van der Waals surface area contributed by atoms with E-state index >= 15 is 0 Å². The van der Waals surface area contributed by atoms with Crippen molar-refractivity contribution in [1.82, 2.24) is 15.1 Å². The minimum Gasteiger partial charge on any atom is -0.370 e. The molecule has 2 aliphatic rings. The molecule has 0 spiro atoms. The standard InChI is InChI=1S/C24H26N4OS/c1-16-9-10-21-18(14-16)23-19(15-30-21)22(26-27(23)2)24(29)25-11-13-28-12-5-7-17-6-3-4-8-20(17)28/h3-4,6,8-10,14H,5,7,11-13,15H2,1-2H3,(H,25,29). The summed E-state index contributed by atoms with van der Waals surface area (Å²) in [6.45, 7) is 4.57. The largest absolute Gasteiger partial charge is 0.370 e. The van der Waals surface area contributed by atoms with Crippen LogP contribution in [0.3, 0.4) is 0 Å². The molecule has 2 aliphatic heterocycles. The molecule has 0 aliphatic carbocycles. The third-order valence-corrected chi connectivity index (χ3v) is 7.10. The fraction of sp³-hybridized carbons (Fsp3) is 0.333. The maximum Gasteiger partial charge on any atom is 0.272 e. The van der Waals surface area contributed by atoms with Crippen molar-refractivity contribution in [2.24, 2.45) is 7.05 Å². The number of para-hydroxylation sites is 1. The van der Waals surface area contributed by atoms with E-state index in [2.05, 4.69) is 64.7 Å².